The number of rotatable bonds is 3. The molecule has 0 radical (unpaired) electrons. The summed E-state index contributed by atoms with van der Waals surface area (Å²) in [5, 5.41) is 0. The lowest BCUT2D eigenvalue weighted by Gasteiger charge is -2.10. The molecule has 0 aliphatic heterocycles. The molecule has 0 unspecified atom stereocenters. The second-order valence-electron chi connectivity index (χ2n) is 5.06. The van der Waals surface area contributed by atoms with Gasteiger partial charge in [-0.25, -0.2) is 0 Å². The Hall–Kier alpha value is -0.590. The molecule has 0 aromatic heterocycles. The van der Waals surface area contributed by atoms with Gasteiger partial charge in [-0.15, -0.1) is 0 Å². The third-order valence-electron chi connectivity index (χ3n) is 3.89. The van der Waals surface area contributed by atoms with Crippen LogP contribution in [0.1, 0.15) is 58.3 Å². The van der Waals surface area contributed by atoms with Gasteiger partial charge in [0.05, 0.1) is 0 Å². The highest BCUT2D eigenvalue weighted by atomic mass is 16.1. The molecule has 2 aliphatic rings. The van der Waals surface area contributed by atoms with E-state index in [4.69, 9.17) is 0 Å². The maximum Gasteiger partial charge on any atom is 0.161 e. The minimum atomic E-state index is 0.403. The number of carbonyl (C=O) groups excluding carboxylic acids is 1. The minimum absolute atomic E-state index is 0.403. The van der Waals surface area contributed by atoms with Crippen LogP contribution in [0.2, 0.25) is 0 Å². The molecule has 1 saturated carbocycles. The minimum Gasteiger partial charge on any atom is -0.294 e. The fraction of sp³-hybridized carbons (Fsp3) is 0.786. The molecule has 1 heteroatoms. The molecule has 0 spiro atoms. The van der Waals surface area contributed by atoms with Crippen molar-refractivity contribution in [3.05, 3.63) is 11.6 Å². The zero-order chi connectivity index (χ0) is 10.7. The first-order valence-corrected chi connectivity index (χ1v) is 6.56. The molecular weight excluding hydrogens is 184 g/mol. The lowest BCUT2D eigenvalue weighted by molar-refractivity contribution is -0.117. The van der Waals surface area contributed by atoms with Crippen LogP contribution < -0.4 is 0 Å². The molecule has 1 nitrogen and oxygen atoms in total. The second kappa shape index (κ2) is 4.96. The SMILES string of the molecule is CC[C@@H]1C[C@H]1C(=O)/C1=C/CCCCCC1. The van der Waals surface area contributed by atoms with Crippen molar-refractivity contribution in [3.63, 3.8) is 0 Å². The fourth-order valence-corrected chi connectivity index (χ4v) is 2.67. The number of hydrogen-bond donors (Lipinski definition) is 0. The summed E-state index contributed by atoms with van der Waals surface area (Å²) in [5.41, 5.74) is 1.16. The summed E-state index contributed by atoms with van der Waals surface area (Å²) in [4.78, 5) is 12.1. The van der Waals surface area contributed by atoms with Crippen molar-refractivity contribution < 1.29 is 4.79 Å². The molecule has 2 rings (SSSR count). The molecule has 0 N–H and O–H groups in total. The highest BCUT2D eigenvalue weighted by molar-refractivity contribution is 5.98. The number of Topliss-reactive ketones (excluding diaryl/α,β-unsaturated/α-hetero) is 1. The maximum absolute atomic E-state index is 12.1. The van der Waals surface area contributed by atoms with Crippen LogP contribution in [0.4, 0.5) is 0 Å². The molecule has 0 amide bonds. The van der Waals surface area contributed by atoms with Gasteiger partial charge in [0.2, 0.25) is 0 Å². The molecule has 2 atom stereocenters. The van der Waals surface area contributed by atoms with Crippen LogP contribution >= 0.6 is 0 Å². The maximum atomic E-state index is 12.1. The summed E-state index contributed by atoms with van der Waals surface area (Å²) < 4.78 is 0. The number of carbonyl (C=O) groups is 1. The third-order valence-corrected chi connectivity index (χ3v) is 3.89. The molecule has 0 aromatic carbocycles. The molecule has 0 aromatic rings. The Balaban J connectivity index is 1.93. The van der Waals surface area contributed by atoms with Gasteiger partial charge in [0, 0.05) is 5.92 Å². The van der Waals surface area contributed by atoms with Gasteiger partial charge in [-0.2, -0.15) is 0 Å². The number of ketones is 1. The second-order valence-corrected chi connectivity index (χ2v) is 5.06. The monoisotopic (exact) mass is 206 g/mol. The van der Waals surface area contributed by atoms with Gasteiger partial charge >= 0.3 is 0 Å². The highest BCUT2D eigenvalue weighted by Crippen LogP contribution is 2.43. The standard InChI is InChI=1S/C14H22O/c1-2-11-10-13(11)14(15)12-8-6-4-3-5-7-9-12/h8,11,13H,2-7,9-10H2,1H3/b12-8+/t11-,13-/m1/s1. The average molecular weight is 206 g/mol. The molecule has 0 bridgehead atoms. The van der Waals surface area contributed by atoms with E-state index in [1.54, 1.807) is 0 Å². The first-order chi connectivity index (χ1) is 7.33. The zero-order valence-electron chi connectivity index (χ0n) is 9.80. The Kier molecular flexibility index (Phi) is 3.61. The van der Waals surface area contributed by atoms with Gasteiger partial charge in [0.15, 0.2) is 5.78 Å². The average Bonchev–Trinajstić information content (AvgIpc) is 2.95. The smallest absolute Gasteiger partial charge is 0.161 e. The van der Waals surface area contributed by atoms with Gasteiger partial charge < -0.3 is 0 Å². The van der Waals surface area contributed by atoms with Gasteiger partial charge in [0.25, 0.3) is 0 Å². The quantitative estimate of drug-likeness (QED) is 0.685. The highest BCUT2D eigenvalue weighted by Gasteiger charge is 2.41. The van der Waals surface area contributed by atoms with Crippen LogP contribution in [0, 0.1) is 11.8 Å². The Morgan fingerprint density at radius 2 is 2.13 bits per heavy atom. The van der Waals surface area contributed by atoms with E-state index in [9.17, 15) is 4.79 Å². The van der Waals surface area contributed by atoms with Crippen molar-refractivity contribution in [3.8, 4) is 0 Å². The number of allylic oxidation sites excluding steroid dienone is 2. The van der Waals surface area contributed by atoms with Gasteiger partial charge in [-0.05, 0) is 43.6 Å². The molecule has 84 valence electrons. The van der Waals surface area contributed by atoms with E-state index in [1.807, 2.05) is 0 Å². The Labute approximate surface area is 92.9 Å². The normalized spacial score (nSPS) is 34.9. The van der Waals surface area contributed by atoms with Crippen LogP contribution in [0.5, 0.6) is 0 Å². The lowest BCUT2D eigenvalue weighted by Crippen LogP contribution is -2.08. The van der Waals surface area contributed by atoms with E-state index in [1.165, 1.54) is 32.1 Å². The van der Waals surface area contributed by atoms with Crippen LogP contribution in [0.15, 0.2) is 11.6 Å². The van der Waals surface area contributed by atoms with E-state index in [0.29, 0.717) is 17.6 Å². The summed E-state index contributed by atoms with van der Waals surface area (Å²) in [7, 11) is 0. The van der Waals surface area contributed by atoms with Crippen molar-refractivity contribution >= 4 is 5.78 Å². The topological polar surface area (TPSA) is 17.1 Å². The predicted octanol–water partition coefficient (Wildman–Crippen LogP) is 3.88. The van der Waals surface area contributed by atoms with Crippen molar-refractivity contribution in [1.29, 1.82) is 0 Å². The Bertz CT molecular complexity index is 265. The van der Waals surface area contributed by atoms with Crippen molar-refractivity contribution in [1.82, 2.24) is 0 Å². The summed E-state index contributed by atoms with van der Waals surface area (Å²) >= 11 is 0. The van der Waals surface area contributed by atoms with Crippen LogP contribution in [-0.4, -0.2) is 5.78 Å². The van der Waals surface area contributed by atoms with Gasteiger partial charge in [0.1, 0.15) is 0 Å². The predicted molar refractivity (Wildman–Crippen MR) is 62.7 cm³/mol. The Morgan fingerprint density at radius 3 is 2.87 bits per heavy atom. The van der Waals surface area contributed by atoms with E-state index in [-0.39, 0.29) is 0 Å². The van der Waals surface area contributed by atoms with Crippen molar-refractivity contribution in [2.75, 3.05) is 0 Å². The van der Waals surface area contributed by atoms with Crippen LogP contribution in [0.3, 0.4) is 0 Å². The summed E-state index contributed by atoms with van der Waals surface area (Å²) in [5.74, 6) is 1.60. The first-order valence-electron chi connectivity index (χ1n) is 6.56. The van der Waals surface area contributed by atoms with Crippen molar-refractivity contribution in [2.45, 2.75) is 58.3 Å². The van der Waals surface area contributed by atoms with E-state index in [0.717, 1.165) is 24.8 Å². The largest absolute Gasteiger partial charge is 0.294 e. The molecule has 1 fully saturated rings. The molecule has 0 saturated heterocycles. The number of hydrogen-bond acceptors (Lipinski definition) is 1. The first kappa shape index (κ1) is 10.9. The molecule has 2 aliphatic carbocycles. The summed E-state index contributed by atoms with van der Waals surface area (Å²) in [6.07, 6.45) is 11.9. The van der Waals surface area contributed by atoms with Crippen LogP contribution in [-0.2, 0) is 4.79 Å². The third kappa shape index (κ3) is 2.70. The fourth-order valence-electron chi connectivity index (χ4n) is 2.67. The van der Waals surface area contributed by atoms with E-state index >= 15 is 0 Å². The lowest BCUT2D eigenvalue weighted by atomic mass is 9.95. The Morgan fingerprint density at radius 1 is 1.33 bits per heavy atom. The zero-order valence-corrected chi connectivity index (χ0v) is 9.80. The van der Waals surface area contributed by atoms with Gasteiger partial charge in [-0.3, -0.25) is 4.79 Å². The van der Waals surface area contributed by atoms with E-state index < -0.39 is 0 Å². The summed E-state index contributed by atoms with van der Waals surface area (Å²) in [6.45, 7) is 2.20. The van der Waals surface area contributed by atoms with Gasteiger partial charge in [-0.1, -0.05) is 32.3 Å². The summed E-state index contributed by atoms with van der Waals surface area (Å²) in [6, 6.07) is 0. The molecular formula is C14H22O. The van der Waals surface area contributed by atoms with Crippen LogP contribution in [0.25, 0.3) is 0 Å². The van der Waals surface area contributed by atoms with E-state index in [2.05, 4.69) is 13.0 Å². The van der Waals surface area contributed by atoms with Crippen molar-refractivity contribution in [2.24, 2.45) is 11.8 Å². The molecule has 0 heterocycles. The molecule has 15 heavy (non-hydrogen) atoms.